The van der Waals surface area contributed by atoms with Crippen molar-refractivity contribution in [3.63, 3.8) is 0 Å². The molecule has 0 aliphatic carbocycles. The quantitative estimate of drug-likeness (QED) is 0.807. The average molecular weight is 324 g/mol. The summed E-state index contributed by atoms with van der Waals surface area (Å²) >= 11 is 0. The molecule has 0 radical (unpaired) electrons. The van der Waals surface area contributed by atoms with E-state index in [1.165, 1.54) is 16.8 Å². The number of amides is 1. The molecule has 24 heavy (non-hydrogen) atoms. The second kappa shape index (κ2) is 7.47. The number of aryl methyl sites for hydroxylation is 3. The Morgan fingerprint density at radius 3 is 2.38 bits per heavy atom. The van der Waals surface area contributed by atoms with Crippen molar-refractivity contribution in [1.82, 2.24) is 4.90 Å². The highest BCUT2D eigenvalue weighted by Crippen LogP contribution is 2.18. The number of carbonyl (C=O) groups is 1. The van der Waals surface area contributed by atoms with Crippen LogP contribution >= 0.6 is 0 Å². The summed E-state index contributed by atoms with van der Waals surface area (Å²) in [5.74, 6) is 0.256. The zero-order chi connectivity index (χ0) is 16.9. The summed E-state index contributed by atoms with van der Waals surface area (Å²) in [6.45, 7) is 8.38. The fraction of sp³-hybridized carbons (Fsp3) is 0.400. The highest BCUT2D eigenvalue weighted by Gasteiger charge is 2.21. The normalized spacial score (nSPS) is 14.8. The molecule has 1 aliphatic rings. The van der Waals surface area contributed by atoms with Gasteiger partial charge < -0.3 is 9.80 Å². The van der Waals surface area contributed by atoms with Crippen LogP contribution in [-0.2, 0) is 11.3 Å². The number of pyridine rings is 1. The molecule has 2 heterocycles. The van der Waals surface area contributed by atoms with E-state index in [1.54, 1.807) is 0 Å². The first-order chi connectivity index (χ1) is 11.6. The van der Waals surface area contributed by atoms with Crippen LogP contribution in [0, 0.1) is 13.8 Å². The molecule has 1 saturated heterocycles. The van der Waals surface area contributed by atoms with E-state index in [-0.39, 0.29) is 5.91 Å². The van der Waals surface area contributed by atoms with Gasteiger partial charge in [-0.05, 0) is 37.1 Å². The molecule has 3 rings (SSSR count). The molecule has 4 heteroatoms. The van der Waals surface area contributed by atoms with Crippen molar-refractivity contribution >= 4 is 11.6 Å². The lowest BCUT2D eigenvalue weighted by Crippen LogP contribution is -2.49. The molecular weight excluding hydrogens is 298 g/mol. The topological polar surface area (TPSA) is 27.4 Å². The average Bonchev–Trinajstić information content (AvgIpc) is 2.61. The molecule has 2 aromatic rings. The lowest BCUT2D eigenvalue weighted by Gasteiger charge is -2.36. The maximum Gasteiger partial charge on any atom is 0.229 e. The summed E-state index contributed by atoms with van der Waals surface area (Å²) in [5.41, 5.74) is 3.78. The summed E-state index contributed by atoms with van der Waals surface area (Å²) in [6.07, 6.45) is 4.65. The maximum atomic E-state index is 12.4. The molecule has 0 bridgehead atoms. The molecule has 1 aromatic heterocycles. The molecule has 126 valence electrons. The molecule has 1 amide bonds. The molecule has 0 spiro atoms. The number of nitrogens with zero attached hydrogens (tertiary/aromatic N) is 3. The van der Waals surface area contributed by atoms with Crippen LogP contribution in [0.4, 0.5) is 5.69 Å². The van der Waals surface area contributed by atoms with E-state index in [1.807, 2.05) is 17.3 Å². The third-order valence-corrected chi connectivity index (χ3v) is 4.64. The van der Waals surface area contributed by atoms with Gasteiger partial charge in [-0.2, -0.15) is 0 Å². The van der Waals surface area contributed by atoms with E-state index in [4.69, 9.17) is 0 Å². The summed E-state index contributed by atoms with van der Waals surface area (Å²) < 4.78 is 2.08. The number of hydrogen-bond donors (Lipinski definition) is 0. The van der Waals surface area contributed by atoms with Gasteiger partial charge in [0.2, 0.25) is 5.91 Å². The number of hydrogen-bond acceptors (Lipinski definition) is 2. The third kappa shape index (κ3) is 4.13. The second-order valence-corrected chi connectivity index (χ2v) is 6.57. The minimum absolute atomic E-state index is 0.256. The largest absolute Gasteiger partial charge is 0.368 e. The molecule has 1 fully saturated rings. The van der Waals surface area contributed by atoms with Gasteiger partial charge in [-0.25, -0.2) is 4.57 Å². The monoisotopic (exact) mass is 324 g/mol. The minimum Gasteiger partial charge on any atom is -0.368 e. The molecule has 0 saturated carbocycles. The number of benzene rings is 1. The van der Waals surface area contributed by atoms with Gasteiger partial charge in [-0.1, -0.05) is 12.1 Å². The van der Waals surface area contributed by atoms with Crippen LogP contribution in [-0.4, -0.2) is 37.0 Å². The Morgan fingerprint density at radius 2 is 1.71 bits per heavy atom. The number of piperazine rings is 1. The molecule has 0 unspecified atom stereocenters. The first kappa shape index (κ1) is 16.5. The standard InChI is InChI=1S/C20H26N3O/c1-17-6-9-21(10-7-17)11-8-20(24)23-14-12-22(13-15-23)19-5-3-4-18(2)16-19/h3-7,9-10,16H,8,11-15H2,1-2H3/q+1. The van der Waals surface area contributed by atoms with Crippen LogP contribution in [0.15, 0.2) is 48.8 Å². The van der Waals surface area contributed by atoms with Gasteiger partial charge in [0.1, 0.15) is 0 Å². The van der Waals surface area contributed by atoms with Crippen molar-refractivity contribution in [2.75, 3.05) is 31.1 Å². The van der Waals surface area contributed by atoms with Gasteiger partial charge in [-0.15, -0.1) is 0 Å². The summed E-state index contributed by atoms with van der Waals surface area (Å²) in [4.78, 5) is 16.8. The van der Waals surface area contributed by atoms with E-state index in [9.17, 15) is 4.79 Å². The van der Waals surface area contributed by atoms with E-state index in [2.05, 4.69) is 59.7 Å². The van der Waals surface area contributed by atoms with Gasteiger partial charge >= 0.3 is 0 Å². The molecular formula is C20H26N3O+. The number of carbonyl (C=O) groups excluding carboxylic acids is 1. The van der Waals surface area contributed by atoms with Gasteiger partial charge in [0.05, 0.1) is 6.42 Å². The smallest absolute Gasteiger partial charge is 0.229 e. The van der Waals surface area contributed by atoms with Crippen LogP contribution in [0.5, 0.6) is 0 Å². The van der Waals surface area contributed by atoms with E-state index >= 15 is 0 Å². The first-order valence-electron chi connectivity index (χ1n) is 8.67. The second-order valence-electron chi connectivity index (χ2n) is 6.57. The fourth-order valence-electron chi connectivity index (χ4n) is 3.10. The predicted octanol–water partition coefficient (Wildman–Crippen LogP) is 2.33. The third-order valence-electron chi connectivity index (χ3n) is 4.64. The van der Waals surface area contributed by atoms with Crippen molar-refractivity contribution in [2.45, 2.75) is 26.8 Å². The molecule has 0 atom stereocenters. The Bertz CT molecular complexity index is 688. The van der Waals surface area contributed by atoms with Crippen LogP contribution in [0.2, 0.25) is 0 Å². The van der Waals surface area contributed by atoms with E-state index < -0.39 is 0 Å². The SMILES string of the molecule is Cc1cc[n+](CCC(=O)N2CCN(c3cccc(C)c3)CC2)cc1. The minimum atomic E-state index is 0.256. The lowest BCUT2D eigenvalue weighted by atomic mass is 10.2. The Hall–Kier alpha value is -2.36. The van der Waals surface area contributed by atoms with E-state index in [0.29, 0.717) is 6.42 Å². The Kier molecular flexibility index (Phi) is 5.14. The predicted molar refractivity (Wildman–Crippen MR) is 96.0 cm³/mol. The highest BCUT2D eigenvalue weighted by molar-refractivity contribution is 5.76. The summed E-state index contributed by atoms with van der Waals surface area (Å²) in [6, 6.07) is 12.7. The molecule has 1 aliphatic heterocycles. The Balaban J connectivity index is 1.49. The number of anilines is 1. The zero-order valence-electron chi connectivity index (χ0n) is 14.6. The van der Waals surface area contributed by atoms with Crippen molar-refractivity contribution in [3.05, 3.63) is 59.9 Å². The number of rotatable bonds is 4. The van der Waals surface area contributed by atoms with E-state index in [0.717, 1.165) is 32.7 Å². The zero-order valence-corrected chi connectivity index (χ0v) is 14.6. The Morgan fingerprint density at radius 1 is 1.00 bits per heavy atom. The van der Waals surface area contributed by atoms with Crippen molar-refractivity contribution in [3.8, 4) is 0 Å². The molecule has 4 nitrogen and oxygen atoms in total. The van der Waals surface area contributed by atoms with Crippen molar-refractivity contribution in [1.29, 1.82) is 0 Å². The van der Waals surface area contributed by atoms with Crippen LogP contribution in [0.1, 0.15) is 17.5 Å². The van der Waals surface area contributed by atoms with Gasteiger partial charge in [0.15, 0.2) is 18.9 Å². The fourth-order valence-corrected chi connectivity index (χ4v) is 3.10. The number of aromatic nitrogens is 1. The Labute approximate surface area is 144 Å². The van der Waals surface area contributed by atoms with Gasteiger partial charge in [0, 0.05) is 44.0 Å². The highest BCUT2D eigenvalue weighted by atomic mass is 16.2. The first-order valence-corrected chi connectivity index (χ1v) is 8.67. The van der Waals surface area contributed by atoms with Gasteiger partial charge in [-0.3, -0.25) is 4.79 Å². The van der Waals surface area contributed by atoms with Crippen molar-refractivity contribution < 1.29 is 9.36 Å². The van der Waals surface area contributed by atoms with Crippen LogP contribution < -0.4 is 9.47 Å². The van der Waals surface area contributed by atoms with Crippen molar-refractivity contribution in [2.24, 2.45) is 0 Å². The van der Waals surface area contributed by atoms with Gasteiger partial charge in [0.25, 0.3) is 0 Å². The molecule has 1 aromatic carbocycles. The summed E-state index contributed by atoms with van der Waals surface area (Å²) in [5, 5.41) is 0. The lowest BCUT2D eigenvalue weighted by molar-refractivity contribution is -0.696. The maximum absolute atomic E-state index is 12.4. The van der Waals surface area contributed by atoms with Crippen LogP contribution in [0.3, 0.4) is 0 Å². The van der Waals surface area contributed by atoms with Crippen LogP contribution in [0.25, 0.3) is 0 Å². The summed E-state index contributed by atoms with van der Waals surface area (Å²) in [7, 11) is 0. The molecule has 0 N–H and O–H groups in total.